The van der Waals surface area contributed by atoms with Gasteiger partial charge < -0.3 is 5.11 Å². The standard InChI is InChI=1S/C11H10ClNO2S/c1-2-9(11(14)15)16-10-4-3-7(6-13)5-8(10)12/h3-5,9H,2H2,1H3,(H,14,15). The highest BCUT2D eigenvalue weighted by Gasteiger charge is 2.17. The van der Waals surface area contributed by atoms with Crippen LogP contribution in [0.1, 0.15) is 18.9 Å². The lowest BCUT2D eigenvalue weighted by molar-refractivity contribution is -0.136. The third kappa shape index (κ3) is 3.16. The van der Waals surface area contributed by atoms with Crippen molar-refractivity contribution in [1.82, 2.24) is 0 Å². The fourth-order valence-corrected chi connectivity index (χ4v) is 2.33. The Kier molecular flexibility index (Phi) is 4.66. The number of benzene rings is 1. The van der Waals surface area contributed by atoms with Crippen LogP contribution in [0.3, 0.4) is 0 Å². The number of nitrogens with zero attached hydrogens (tertiary/aromatic N) is 1. The molecule has 84 valence electrons. The molecular formula is C11H10ClNO2S. The predicted octanol–water partition coefficient (Wildman–Crippen LogP) is 3.17. The van der Waals surface area contributed by atoms with Crippen LogP contribution in [-0.4, -0.2) is 16.3 Å². The molecule has 1 rings (SSSR count). The van der Waals surface area contributed by atoms with Gasteiger partial charge in [0.05, 0.1) is 16.7 Å². The monoisotopic (exact) mass is 255 g/mol. The highest BCUT2D eigenvalue weighted by molar-refractivity contribution is 8.00. The van der Waals surface area contributed by atoms with E-state index in [2.05, 4.69) is 0 Å². The number of halogens is 1. The Morgan fingerprint density at radius 1 is 1.69 bits per heavy atom. The van der Waals surface area contributed by atoms with E-state index in [4.69, 9.17) is 22.0 Å². The minimum Gasteiger partial charge on any atom is -0.480 e. The average molecular weight is 256 g/mol. The van der Waals surface area contributed by atoms with Gasteiger partial charge in [-0.25, -0.2) is 0 Å². The second kappa shape index (κ2) is 5.78. The zero-order chi connectivity index (χ0) is 12.1. The van der Waals surface area contributed by atoms with E-state index in [0.29, 0.717) is 21.9 Å². The molecule has 0 heterocycles. The molecule has 16 heavy (non-hydrogen) atoms. The van der Waals surface area contributed by atoms with Crippen LogP contribution < -0.4 is 0 Å². The Balaban J connectivity index is 2.90. The number of carboxylic acid groups (broad SMARTS) is 1. The number of thioether (sulfide) groups is 1. The number of nitriles is 1. The van der Waals surface area contributed by atoms with Gasteiger partial charge in [0.1, 0.15) is 5.25 Å². The van der Waals surface area contributed by atoms with Crippen LogP contribution >= 0.6 is 23.4 Å². The summed E-state index contributed by atoms with van der Waals surface area (Å²) < 4.78 is 0. The molecule has 0 fully saturated rings. The Hall–Kier alpha value is -1.18. The first-order valence-corrected chi connectivity index (χ1v) is 5.93. The van der Waals surface area contributed by atoms with E-state index in [9.17, 15) is 4.79 Å². The Morgan fingerprint density at radius 2 is 2.38 bits per heavy atom. The van der Waals surface area contributed by atoms with Crippen molar-refractivity contribution in [1.29, 1.82) is 5.26 Å². The van der Waals surface area contributed by atoms with E-state index in [1.807, 2.05) is 13.0 Å². The summed E-state index contributed by atoms with van der Waals surface area (Å²) in [6.07, 6.45) is 0.524. The minimum absolute atomic E-state index is 0.420. The number of aliphatic carboxylic acids is 1. The van der Waals surface area contributed by atoms with Crippen molar-refractivity contribution in [2.75, 3.05) is 0 Å². The normalized spacial score (nSPS) is 11.8. The lowest BCUT2D eigenvalue weighted by atomic mass is 10.2. The van der Waals surface area contributed by atoms with Crippen molar-refractivity contribution in [2.45, 2.75) is 23.5 Å². The molecule has 0 aliphatic heterocycles. The fraction of sp³-hybridized carbons (Fsp3) is 0.273. The van der Waals surface area contributed by atoms with Gasteiger partial charge >= 0.3 is 5.97 Å². The molecule has 1 unspecified atom stereocenters. The van der Waals surface area contributed by atoms with Gasteiger partial charge in [0.15, 0.2) is 0 Å². The first-order valence-electron chi connectivity index (χ1n) is 4.67. The largest absolute Gasteiger partial charge is 0.480 e. The van der Waals surface area contributed by atoms with E-state index in [0.717, 1.165) is 0 Å². The van der Waals surface area contributed by atoms with Crippen molar-refractivity contribution >= 4 is 29.3 Å². The molecule has 0 amide bonds. The van der Waals surface area contributed by atoms with Gasteiger partial charge in [-0.3, -0.25) is 4.79 Å². The van der Waals surface area contributed by atoms with Crippen LogP contribution in [0.5, 0.6) is 0 Å². The molecule has 0 aliphatic carbocycles. The first kappa shape index (κ1) is 12.9. The molecule has 0 radical (unpaired) electrons. The van der Waals surface area contributed by atoms with Gasteiger partial charge in [0.2, 0.25) is 0 Å². The minimum atomic E-state index is -0.854. The summed E-state index contributed by atoms with van der Waals surface area (Å²) in [6, 6.07) is 6.82. The smallest absolute Gasteiger partial charge is 0.316 e. The van der Waals surface area contributed by atoms with Crippen LogP contribution in [0, 0.1) is 11.3 Å². The maximum absolute atomic E-state index is 10.9. The molecule has 1 atom stereocenters. The van der Waals surface area contributed by atoms with Gasteiger partial charge in [0.25, 0.3) is 0 Å². The number of carboxylic acids is 1. The highest BCUT2D eigenvalue weighted by Crippen LogP contribution is 2.32. The fourth-order valence-electron chi connectivity index (χ4n) is 1.13. The molecule has 0 saturated carbocycles. The summed E-state index contributed by atoms with van der Waals surface area (Å²) in [5.74, 6) is -0.854. The highest BCUT2D eigenvalue weighted by atomic mass is 35.5. The number of carbonyl (C=O) groups is 1. The molecule has 1 N–H and O–H groups in total. The van der Waals surface area contributed by atoms with E-state index >= 15 is 0 Å². The van der Waals surface area contributed by atoms with Crippen molar-refractivity contribution in [3.05, 3.63) is 28.8 Å². The molecule has 3 nitrogen and oxygen atoms in total. The van der Waals surface area contributed by atoms with E-state index in [1.54, 1.807) is 18.2 Å². The molecule has 1 aromatic carbocycles. The topological polar surface area (TPSA) is 61.1 Å². The maximum Gasteiger partial charge on any atom is 0.316 e. The van der Waals surface area contributed by atoms with Crippen molar-refractivity contribution in [3.8, 4) is 6.07 Å². The third-order valence-electron chi connectivity index (χ3n) is 1.98. The number of rotatable bonds is 4. The second-order valence-electron chi connectivity index (χ2n) is 3.11. The van der Waals surface area contributed by atoms with E-state index in [1.165, 1.54) is 11.8 Å². The quantitative estimate of drug-likeness (QED) is 0.840. The van der Waals surface area contributed by atoms with Crippen LogP contribution in [0.2, 0.25) is 5.02 Å². The molecule has 0 saturated heterocycles. The lowest BCUT2D eigenvalue weighted by Gasteiger charge is -2.10. The zero-order valence-corrected chi connectivity index (χ0v) is 10.2. The van der Waals surface area contributed by atoms with Gasteiger partial charge in [-0.2, -0.15) is 5.26 Å². The number of hydrogen-bond donors (Lipinski definition) is 1. The lowest BCUT2D eigenvalue weighted by Crippen LogP contribution is -2.14. The van der Waals surface area contributed by atoms with E-state index in [-0.39, 0.29) is 0 Å². The first-order chi connectivity index (χ1) is 7.58. The summed E-state index contributed by atoms with van der Waals surface area (Å²) in [6.45, 7) is 1.81. The molecule has 1 aromatic rings. The summed E-state index contributed by atoms with van der Waals surface area (Å²) >= 11 is 7.15. The molecule has 0 aromatic heterocycles. The molecular weight excluding hydrogens is 246 g/mol. The summed E-state index contributed by atoms with van der Waals surface area (Å²) in [5.41, 5.74) is 0.470. The molecule has 5 heteroatoms. The van der Waals surface area contributed by atoms with Crippen LogP contribution in [-0.2, 0) is 4.79 Å². The van der Waals surface area contributed by atoms with Crippen LogP contribution in [0.4, 0.5) is 0 Å². The predicted molar refractivity (Wildman–Crippen MR) is 63.7 cm³/mol. The number of hydrogen-bond acceptors (Lipinski definition) is 3. The van der Waals surface area contributed by atoms with Crippen LogP contribution in [0.25, 0.3) is 0 Å². The molecule has 0 spiro atoms. The van der Waals surface area contributed by atoms with Gasteiger partial charge in [-0.15, -0.1) is 11.8 Å². The third-order valence-corrected chi connectivity index (χ3v) is 3.83. The van der Waals surface area contributed by atoms with E-state index < -0.39 is 11.2 Å². The summed E-state index contributed by atoms with van der Waals surface area (Å²) in [5, 5.41) is 17.5. The summed E-state index contributed by atoms with van der Waals surface area (Å²) in [4.78, 5) is 11.5. The summed E-state index contributed by atoms with van der Waals surface area (Å²) in [7, 11) is 0. The Bertz CT molecular complexity index is 442. The van der Waals surface area contributed by atoms with Crippen molar-refractivity contribution in [2.24, 2.45) is 0 Å². The molecule has 0 bridgehead atoms. The van der Waals surface area contributed by atoms with Crippen molar-refractivity contribution in [3.63, 3.8) is 0 Å². The second-order valence-corrected chi connectivity index (χ2v) is 4.76. The Morgan fingerprint density at radius 3 is 2.81 bits per heavy atom. The Labute approximate surface area is 103 Å². The SMILES string of the molecule is CCC(Sc1ccc(C#N)cc1Cl)C(=O)O. The maximum atomic E-state index is 10.9. The van der Waals surface area contributed by atoms with Gasteiger partial charge in [0, 0.05) is 4.90 Å². The van der Waals surface area contributed by atoms with Gasteiger partial charge in [-0.1, -0.05) is 18.5 Å². The van der Waals surface area contributed by atoms with Crippen molar-refractivity contribution < 1.29 is 9.90 Å². The van der Waals surface area contributed by atoms with Gasteiger partial charge in [-0.05, 0) is 24.6 Å². The average Bonchev–Trinajstić information content (AvgIpc) is 2.26. The molecule has 0 aliphatic rings. The van der Waals surface area contributed by atoms with Crippen LogP contribution in [0.15, 0.2) is 23.1 Å². The zero-order valence-electron chi connectivity index (χ0n) is 8.61.